The van der Waals surface area contributed by atoms with Crippen LogP contribution in [0.1, 0.15) is 15.9 Å². The molecule has 0 aliphatic rings. The molecule has 1 rings (SSSR count). The summed E-state index contributed by atoms with van der Waals surface area (Å²) in [6.45, 7) is 4.97. The summed E-state index contributed by atoms with van der Waals surface area (Å²) >= 11 is 0. The molecule has 0 aromatic heterocycles. The van der Waals surface area contributed by atoms with E-state index in [9.17, 15) is 14.4 Å². The Morgan fingerprint density at radius 1 is 1.35 bits per heavy atom. The van der Waals surface area contributed by atoms with Gasteiger partial charge in [0, 0.05) is 6.54 Å². The third-order valence-electron chi connectivity index (χ3n) is 2.25. The lowest BCUT2D eigenvalue weighted by Gasteiger charge is -2.06. The number of hydrogen-bond donors (Lipinski definition) is 2. The van der Waals surface area contributed by atoms with Crippen molar-refractivity contribution in [3.63, 3.8) is 0 Å². The highest BCUT2D eigenvalue weighted by atomic mass is 16.5. The fourth-order valence-electron chi connectivity index (χ4n) is 1.36. The van der Waals surface area contributed by atoms with Crippen molar-refractivity contribution in [1.82, 2.24) is 10.6 Å². The molecule has 0 saturated heterocycles. The van der Waals surface area contributed by atoms with Crippen molar-refractivity contribution in [3.05, 3.63) is 48.0 Å². The molecule has 0 atom stereocenters. The van der Waals surface area contributed by atoms with E-state index in [-0.39, 0.29) is 6.54 Å². The SMILES string of the molecule is C=CCNC(=O)NC(=O)COC(=O)c1cccc(C)c1. The largest absolute Gasteiger partial charge is 0.452 e. The molecule has 0 heterocycles. The fourth-order valence-corrected chi connectivity index (χ4v) is 1.36. The van der Waals surface area contributed by atoms with Gasteiger partial charge in [0.25, 0.3) is 5.91 Å². The van der Waals surface area contributed by atoms with Crippen LogP contribution in [-0.2, 0) is 9.53 Å². The van der Waals surface area contributed by atoms with Gasteiger partial charge in [-0.1, -0.05) is 23.8 Å². The fraction of sp³-hybridized carbons (Fsp3) is 0.214. The zero-order chi connectivity index (χ0) is 15.0. The molecular formula is C14H16N2O4. The monoisotopic (exact) mass is 276 g/mol. The summed E-state index contributed by atoms with van der Waals surface area (Å²) < 4.78 is 4.80. The molecular weight excluding hydrogens is 260 g/mol. The van der Waals surface area contributed by atoms with Crippen LogP contribution in [0, 0.1) is 6.92 Å². The van der Waals surface area contributed by atoms with E-state index in [1.165, 1.54) is 6.08 Å². The van der Waals surface area contributed by atoms with Crippen LogP contribution in [0.2, 0.25) is 0 Å². The Morgan fingerprint density at radius 3 is 2.75 bits per heavy atom. The van der Waals surface area contributed by atoms with Gasteiger partial charge in [-0.25, -0.2) is 9.59 Å². The van der Waals surface area contributed by atoms with Gasteiger partial charge in [0.05, 0.1) is 5.56 Å². The number of aryl methyl sites for hydroxylation is 1. The summed E-state index contributed by atoms with van der Waals surface area (Å²) in [6, 6.07) is 6.13. The number of imide groups is 1. The maximum Gasteiger partial charge on any atom is 0.338 e. The molecule has 0 aliphatic heterocycles. The van der Waals surface area contributed by atoms with Gasteiger partial charge in [0.2, 0.25) is 0 Å². The Balaban J connectivity index is 2.39. The van der Waals surface area contributed by atoms with Gasteiger partial charge in [0.1, 0.15) is 0 Å². The zero-order valence-electron chi connectivity index (χ0n) is 11.1. The molecule has 0 fully saturated rings. The highest BCUT2D eigenvalue weighted by Gasteiger charge is 2.12. The minimum atomic E-state index is -0.701. The first-order chi connectivity index (χ1) is 9.52. The molecule has 20 heavy (non-hydrogen) atoms. The van der Waals surface area contributed by atoms with Crippen LogP contribution in [0.4, 0.5) is 4.79 Å². The van der Waals surface area contributed by atoms with E-state index in [4.69, 9.17) is 4.74 Å². The Morgan fingerprint density at radius 2 is 2.10 bits per heavy atom. The van der Waals surface area contributed by atoms with E-state index in [0.29, 0.717) is 5.56 Å². The van der Waals surface area contributed by atoms with Gasteiger partial charge >= 0.3 is 12.0 Å². The lowest BCUT2D eigenvalue weighted by Crippen LogP contribution is -2.41. The third-order valence-corrected chi connectivity index (χ3v) is 2.25. The topological polar surface area (TPSA) is 84.5 Å². The molecule has 3 amide bonds. The zero-order valence-corrected chi connectivity index (χ0v) is 11.1. The number of rotatable bonds is 5. The maximum absolute atomic E-state index is 11.6. The average Bonchev–Trinajstić information content (AvgIpc) is 2.42. The van der Waals surface area contributed by atoms with E-state index in [0.717, 1.165) is 5.56 Å². The molecule has 0 bridgehead atoms. The summed E-state index contributed by atoms with van der Waals surface area (Å²) in [5.41, 5.74) is 1.27. The predicted molar refractivity (Wildman–Crippen MR) is 73.2 cm³/mol. The van der Waals surface area contributed by atoms with Crippen molar-refractivity contribution in [1.29, 1.82) is 0 Å². The van der Waals surface area contributed by atoms with Crippen LogP contribution in [0.5, 0.6) is 0 Å². The van der Waals surface area contributed by atoms with Crippen LogP contribution >= 0.6 is 0 Å². The molecule has 2 N–H and O–H groups in total. The predicted octanol–water partition coefficient (Wildman–Crippen LogP) is 1.16. The van der Waals surface area contributed by atoms with Crippen LogP contribution in [0.25, 0.3) is 0 Å². The smallest absolute Gasteiger partial charge is 0.338 e. The molecule has 0 spiro atoms. The van der Waals surface area contributed by atoms with Crippen molar-refractivity contribution < 1.29 is 19.1 Å². The summed E-state index contributed by atoms with van der Waals surface area (Å²) in [5.74, 6) is -1.32. The van der Waals surface area contributed by atoms with Crippen molar-refractivity contribution in [2.45, 2.75) is 6.92 Å². The van der Waals surface area contributed by atoms with Crippen LogP contribution in [0.3, 0.4) is 0 Å². The van der Waals surface area contributed by atoms with Gasteiger partial charge in [0.15, 0.2) is 6.61 Å². The van der Waals surface area contributed by atoms with Gasteiger partial charge in [-0.05, 0) is 19.1 Å². The minimum Gasteiger partial charge on any atom is -0.452 e. The second kappa shape index (κ2) is 7.73. The van der Waals surface area contributed by atoms with Crippen molar-refractivity contribution >= 4 is 17.9 Å². The summed E-state index contributed by atoms with van der Waals surface area (Å²) in [4.78, 5) is 34.1. The van der Waals surface area contributed by atoms with Crippen LogP contribution < -0.4 is 10.6 Å². The quantitative estimate of drug-likeness (QED) is 0.624. The van der Waals surface area contributed by atoms with Gasteiger partial charge in [-0.3, -0.25) is 10.1 Å². The summed E-state index contributed by atoms with van der Waals surface area (Å²) in [5, 5.41) is 4.38. The Kier molecular flexibility index (Phi) is 5.96. The van der Waals surface area contributed by atoms with E-state index in [1.54, 1.807) is 18.2 Å². The van der Waals surface area contributed by atoms with Gasteiger partial charge in [-0.2, -0.15) is 0 Å². The number of esters is 1. The first-order valence-corrected chi connectivity index (χ1v) is 5.95. The summed E-state index contributed by atoms with van der Waals surface area (Å²) in [6.07, 6.45) is 1.47. The highest BCUT2D eigenvalue weighted by Crippen LogP contribution is 2.05. The molecule has 6 heteroatoms. The number of nitrogens with one attached hydrogen (secondary N) is 2. The third kappa shape index (κ3) is 5.34. The second-order valence-corrected chi connectivity index (χ2v) is 3.99. The number of carbonyl (C=O) groups excluding carboxylic acids is 3. The molecule has 0 saturated carbocycles. The maximum atomic E-state index is 11.6. The number of carbonyl (C=O) groups is 3. The molecule has 106 valence electrons. The van der Waals surface area contributed by atoms with Gasteiger partial charge < -0.3 is 10.1 Å². The first kappa shape index (κ1) is 15.4. The van der Waals surface area contributed by atoms with E-state index in [2.05, 4.69) is 11.9 Å². The Hall–Kier alpha value is -2.63. The lowest BCUT2D eigenvalue weighted by molar-refractivity contribution is -0.123. The van der Waals surface area contributed by atoms with Crippen molar-refractivity contribution in [3.8, 4) is 0 Å². The Labute approximate surface area is 116 Å². The highest BCUT2D eigenvalue weighted by molar-refractivity contribution is 5.97. The number of urea groups is 1. The standard InChI is InChI=1S/C14H16N2O4/c1-3-7-15-14(19)16-12(17)9-20-13(18)11-6-4-5-10(2)8-11/h3-6,8H,1,7,9H2,2H3,(H2,15,16,17,19). The second-order valence-electron chi connectivity index (χ2n) is 3.99. The molecule has 1 aromatic carbocycles. The molecule has 0 unspecified atom stereocenters. The Bertz CT molecular complexity index is 526. The minimum absolute atomic E-state index is 0.238. The van der Waals surface area contributed by atoms with E-state index in [1.807, 2.05) is 18.3 Å². The number of ether oxygens (including phenoxy) is 1. The van der Waals surface area contributed by atoms with Gasteiger partial charge in [-0.15, -0.1) is 6.58 Å². The molecule has 6 nitrogen and oxygen atoms in total. The number of hydrogen-bond acceptors (Lipinski definition) is 4. The normalized spacial score (nSPS) is 9.45. The van der Waals surface area contributed by atoms with E-state index >= 15 is 0 Å². The first-order valence-electron chi connectivity index (χ1n) is 5.95. The molecule has 0 radical (unpaired) electrons. The number of benzene rings is 1. The van der Waals surface area contributed by atoms with Crippen LogP contribution in [-0.4, -0.2) is 31.1 Å². The van der Waals surface area contributed by atoms with E-state index < -0.39 is 24.5 Å². The number of amides is 3. The molecule has 1 aromatic rings. The lowest BCUT2D eigenvalue weighted by atomic mass is 10.1. The average molecular weight is 276 g/mol. The molecule has 0 aliphatic carbocycles. The summed E-state index contributed by atoms with van der Waals surface area (Å²) in [7, 11) is 0. The van der Waals surface area contributed by atoms with Crippen LogP contribution in [0.15, 0.2) is 36.9 Å². The van der Waals surface area contributed by atoms with Crippen molar-refractivity contribution in [2.75, 3.05) is 13.2 Å². The van der Waals surface area contributed by atoms with Crippen molar-refractivity contribution in [2.24, 2.45) is 0 Å².